The van der Waals surface area contributed by atoms with Crippen LogP contribution in [0.1, 0.15) is 0 Å². The van der Waals surface area contributed by atoms with Crippen LogP contribution in [0.4, 0.5) is 11.4 Å². The number of non-ortho nitro benzene ring substituents is 1. The minimum Gasteiger partial charge on any atom is -0.396 e. The predicted molar refractivity (Wildman–Crippen MR) is 63.6 cm³/mol. The lowest BCUT2D eigenvalue weighted by Crippen LogP contribution is -2.48. The summed E-state index contributed by atoms with van der Waals surface area (Å²) in [7, 11) is 0. The molecule has 1 aromatic carbocycles. The molecule has 0 spiro atoms. The van der Waals surface area contributed by atoms with Crippen LogP contribution in [0.3, 0.4) is 0 Å². The van der Waals surface area contributed by atoms with Crippen LogP contribution >= 0.6 is 15.9 Å². The third kappa shape index (κ3) is 2.03. The number of aliphatic hydroxyl groups is 1. The highest BCUT2D eigenvalue weighted by Crippen LogP contribution is 2.33. The van der Waals surface area contributed by atoms with Crippen LogP contribution in [0.2, 0.25) is 0 Å². The van der Waals surface area contributed by atoms with E-state index in [1.54, 1.807) is 6.07 Å². The van der Waals surface area contributed by atoms with E-state index in [9.17, 15) is 10.1 Å². The summed E-state index contributed by atoms with van der Waals surface area (Å²) in [5.74, 6) is 0.321. The van der Waals surface area contributed by atoms with Gasteiger partial charge in [0.1, 0.15) is 0 Å². The monoisotopic (exact) mass is 286 g/mol. The first-order valence-corrected chi connectivity index (χ1v) is 5.71. The Bertz CT molecular complexity index is 419. The molecule has 1 fully saturated rings. The van der Waals surface area contributed by atoms with Gasteiger partial charge in [-0.3, -0.25) is 10.1 Å². The molecule has 0 radical (unpaired) electrons. The Morgan fingerprint density at radius 2 is 2.25 bits per heavy atom. The fourth-order valence-corrected chi connectivity index (χ4v) is 2.37. The molecule has 2 rings (SSSR count). The van der Waals surface area contributed by atoms with Crippen molar-refractivity contribution in [3.63, 3.8) is 0 Å². The lowest BCUT2D eigenvalue weighted by molar-refractivity contribution is -0.384. The standard InChI is InChI=1S/C10H11BrN2O3/c11-9-3-8(13(15)16)1-2-10(9)12-4-7(5-12)6-14/h1-3,7,14H,4-6H2. The van der Waals surface area contributed by atoms with Gasteiger partial charge in [0, 0.05) is 42.2 Å². The SMILES string of the molecule is O=[N+]([O-])c1ccc(N2CC(CO)C2)c(Br)c1. The van der Waals surface area contributed by atoms with E-state index in [-0.39, 0.29) is 12.3 Å². The van der Waals surface area contributed by atoms with Gasteiger partial charge in [-0.1, -0.05) is 0 Å². The highest BCUT2D eigenvalue weighted by molar-refractivity contribution is 9.10. The molecule has 1 aliphatic heterocycles. The highest BCUT2D eigenvalue weighted by Gasteiger charge is 2.27. The molecule has 1 saturated heterocycles. The van der Waals surface area contributed by atoms with Crippen molar-refractivity contribution < 1.29 is 10.0 Å². The zero-order valence-electron chi connectivity index (χ0n) is 8.47. The molecule has 1 heterocycles. The average Bonchev–Trinajstić information content (AvgIpc) is 2.18. The zero-order chi connectivity index (χ0) is 11.7. The van der Waals surface area contributed by atoms with E-state index in [4.69, 9.17) is 5.11 Å². The van der Waals surface area contributed by atoms with Gasteiger partial charge >= 0.3 is 0 Å². The molecule has 86 valence electrons. The number of hydrogen-bond acceptors (Lipinski definition) is 4. The summed E-state index contributed by atoms with van der Waals surface area (Å²) in [6.45, 7) is 1.79. The molecular weight excluding hydrogens is 276 g/mol. The first-order valence-electron chi connectivity index (χ1n) is 4.91. The molecule has 0 atom stereocenters. The van der Waals surface area contributed by atoms with E-state index in [2.05, 4.69) is 20.8 Å². The van der Waals surface area contributed by atoms with E-state index in [0.717, 1.165) is 23.2 Å². The van der Waals surface area contributed by atoms with Gasteiger partial charge in [0.05, 0.1) is 10.6 Å². The van der Waals surface area contributed by atoms with Gasteiger partial charge < -0.3 is 10.0 Å². The number of rotatable bonds is 3. The van der Waals surface area contributed by atoms with E-state index in [0.29, 0.717) is 5.92 Å². The Balaban J connectivity index is 2.15. The summed E-state index contributed by atoms with van der Waals surface area (Å²) < 4.78 is 0.720. The van der Waals surface area contributed by atoms with Gasteiger partial charge in [-0.05, 0) is 22.0 Å². The predicted octanol–water partition coefficient (Wildman–Crippen LogP) is 1.79. The molecule has 0 aliphatic carbocycles. The fourth-order valence-electron chi connectivity index (χ4n) is 1.75. The molecule has 1 N–H and O–H groups in total. The van der Waals surface area contributed by atoms with Crippen molar-refractivity contribution in [1.29, 1.82) is 0 Å². The van der Waals surface area contributed by atoms with Gasteiger partial charge in [-0.15, -0.1) is 0 Å². The number of halogens is 1. The second kappa shape index (κ2) is 4.39. The van der Waals surface area contributed by atoms with Crippen LogP contribution < -0.4 is 4.90 Å². The number of anilines is 1. The summed E-state index contributed by atoms with van der Waals surface area (Å²) in [5.41, 5.74) is 1.02. The maximum Gasteiger partial charge on any atom is 0.270 e. The van der Waals surface area contributed by atoms with Gasteiger partial charge in [0.25, 0.3) is 5.69 Å². The Morgan fingerprint density at radius 1 is 1.56 bits per heavy atom. The van der Waals surface area contributed by atoms with Crippen LogP contribution in [0.25, 0.3) is 0 Å². The largest absolute Gasteiger partial charge is 0.396 e. The fraction of sp³-hybridized carbons (Fsp3) is 0.400. The summed E-state index contributed by atoms with van der Waals surface area (Å²) in [4.78, 5) is 12.2. The minimum atomic E-state index is -0.416. The smallest absolute Gasteiger partial charge is 0.270 e. The number of benzene rings is 1. The van der Waals surface area contributed by atoms with E-state index in [1.165, 1.54) is 12.1 Å². The molecule has 0 aromatic heterocycles. The Hall–Kier alpha value is -1.14. The van der Waals surface area contributed by atoms with Gasteiger partial charge in [-0.2, -0.15) is 0 Å². The quantitative estimate of drug-likeness (QED) is 0.680. The van der Waals surface area contributed by atoms with E-state index in [1.807, 2.05) is 0 Å². The van der Waals surface area contributed by atoms with Crippen LogP contribution in [0.15, 0.2) is 22.7 Å². The summed E-state index contributed by atoms with van der Waals surface area (Å²) in [6.07, 6.45) is 0. The second-order valence-electron chi connectivity index (χ2n) is 3.85. The average molecular weight is 287 g/mol. The van der Waals surface area contributed by atoms with Crippen LogP contribution in [0, 0.1) is 16.0 Å². The van der Waals surface area contributed by atoms with Crippen LogP contribution in [0.5, 0.6) is 0 Å². The normalized spacial score (nSPS) is 16.0. The third-order valence-corrected chi connectivity index (χ3v) is 3.33. The Kier molecular flexibility index (Phi) is 3.11. The lowest BCUT2D eigenvalue weighted by atomic mass is 10.0. The van der Waals surface area contributed by atoms with Crippen molar-refractivity contribution in [3.05, 3.63) is 32.8 Å². The lowest BCUT2D eigenvalue weighted by Gasteiger charge is -2.40. The van der Waals surface area contributed by atoms with E-state index < -0.39 is 4.92 Å². The maximum absolute atomic E-state index is 10.6. The molecule has 6 heteroatoms. The highest BCUT2D eigenvalue weighted by atomic mass is 79.9. The third-order valence-electron chi connectivity index (χ3n) is 2.70. The van der Waals surface area contributed by atoms with Crippen molar-refractivity contribution in [3.8, 4) is 0 Å². The van der Waals surface area contributed by atoms with Gasteiger partial charge in [0.2, 0.25) is 0 Å². The number of nitro benzene ring substituents is 1. The second-order valence-corrected chi connectivity index (χ2v) is 4.70. The molecule has 0 bridgehead atoms. The number of nitro groups is 1. The molecular formula is C10H11BrN2O3. The molecule has 1 aliphatic rings. The first-order chi connectivity index (χ1) is 7.61. The molecule has 1 aromatic rings. The molecule has 5 nitrogen and oxygen atoms in total. The molecule has 0 saturated carbocycles. The van der Waals surface area contributed by atoms with E-state index >= 15 is 0 Å². The number of aliphatic hydroxyl groups excluding tert-OH is 1. The van der Waals surface area contributed by atoms with Crippen LogP contribution in [-0.2, 0) is 0 Å². The number of hydrogen-bond donors (Lipinski definition) is 1. The van der Waals surface area contributed by atoms with Crippen molar-refractivity contribution in [1.82, 2.24) is 0 Å². The topological polar surface area (TPSA) is 66.6 Å². The minimum absolute atomic E-state index is 0.0786. The summed E-state index contributed by atoms with van der Waals surface area (Å²) in [6, 6.07) is 4.73. The van der Waals surface area contributed by atoms with Gasteiger partial charge in [0.15, 0.2) is 0 Å². The molecule has 16 heavy (non-hydrogen) atoms. The number of nitrogens with zero attached hydrogens (tertiary/aromatic N) is 2. The van der Waals surface area contributed by atoms with Crippen molar-refractivity contribution >= 4 is 27.3 Å². The maximum atomic E-state index is 10.6. The molecule has 0 unspecified atom stereocenters. The van der Waals surface area contributed by atoms with Crippen molar-refractivity contribution in [2.24, 2.45) is 5.92 Å². The molecule has 0 amide bonds. The van der Waals surface area contributed by atoms with Gasteiger partial charge in [-0.25, -0.2) is 0 Å². The van der Waals surface area contributed by atoms with Crippen molar-refractivity contribution in [2.75, 3.05) is 24.6 Å². The van der Waals surface area contributed by atoms with Crippen molar-refractivity contribution in [2.45, 2.75) is 0 Å². The Morgan fingerprint density at radius 3 is 2.75 bits per heavy atom. The first kappa shape index (κ1) is 11.3. The summed E-state index contributed by atoms with van der Waals surface area (Å²) in [5, 5.41) is 19.5. The Labute approximate surface area is 101 Å². The van der Waals surface area contributed by atoms with Crippen LogP contribution in [-0.4, -0.2) is 29.7 Å². The zero-order valence-corrected chi connectivity index (χ0v) is 10.1. The summed E-state index contributed by atoms with van der Waals surface area (Å²) >= 11 is 3.32.